The Hall–Kier alpha value is -1.72. The van der Waals surface area contributed by atoms with E-state index in [4.69, 9.17) is 0 Å². The van der Waals surface area contributed by atoms with Crippen molar-refractivity contribution in [1.29, 1.82) is 0 Å². The summed E-state index contributed by atoms with van der Waals surface area (Å²) in [6.45, 7) is 2.74. The van der Waals surface area contributed by atoms with Crippen LogP contribution in [0.25, 0.3) is 10.9 Å². The van der Waals surface area contributed by atoms with Crippen molar-refractivity contribution in [2.45, 2.75) is 25.4 Å². The Balaban J connectivity index is 2.22. The van der Waals surface area contributed by atoms with Crippen LogP contribution in [0, 0.1) is 5.92 Å². The number of carbonyl (C=O) groups is 1. The fourth-order valence-corrected chi connectivity index (χ4v) is 3.22. The number of halogens is 4. The molecule has 27 heavy (non-hydrogen) atoms. The van der Waals surface area contributed by atoms with Crippen molar-refractivity contribution in [1.82, 2.24) is 15.0 Å². The molecule has 0 aliphatic carbocycles. The second-order valence-electron chi connectivity index (χ2n) is 6.14. The van der Waals surface area contributed by atoms with E-state index in [1.54, 1.807) is 32.0 Å². The number of hydrogen-bond acceptors (Lipinski definition) is 4. The lowest BCUT2D eigenvalue weighted by Gasteiger charge is -2.23. The van der Waals surface area contributed by atoms with Gasteiger partial charge in [-0.05, 0) is 30.2 Å². The molecule has 6 nitrogen and oxygen atoms in total. The Morgan fingerprint density at radius 3 is 2.52 bits per heavy atom. The summed E-state index contributed by atoms with van der Waals surface area (Å²) in [6.07, 6.45) is 1.45. The van der Waals surface area contributed by atoms with Crippen molar-refractivity contribution in [3.05, 3.63) is 40.5 Å². The summed E-state index contributed by atoms with van der Waals surface area (Å²) < 4.78 is 62.0. The van der Waals surface area contributed by atoms with E-state index in [1.165, 1.54) is 17.0 Å². The summed E-state index contributed by atoms with van der Waals surface area (Å²) in [5, 5.41) is 3.15. The van der Waals surface area contributed by atoms with E-state index in [0.717, 1.165) is 4.47 Å². The maximum atomic E-state index is 12.7. The van der Waals surface area contributed by atoms with Crippen LogP contribution >= 0.6 is 15.9 Å². The van der Waals surface area contributed by atoms with Crippen molar-refractivity contribution < 1.29 is 26.4 Å². The van der Waals surface area contributed by atoms with Crippen molar-refractivity contribution in [3.63, 3.8) is 0 Å². The van der Waals surface area contributed by atoms with E-state index in [2.05, 4.69) is 26.2 Å². The third-order valence-corrected chi connectivity index (χ3v) is 5.52. The second kappa shape index (κ2) is 8.11. The zero-order chi connectivity index (χ0) is 20.4. The maximum Gasteiger partial charge on any atom is 0.511 e. The Morgan fingerprint density at radius 1 is 1.26 bits per heavy atom. The number of nitrogens with one attached hydrogen (secondary N) is 2. The number of nitrogens with zero attached hydrogens (tertiary/aromatic N) is 1. The van der Waals surface area contributed by atoms with Crippen molar-refractivity contribution in [2.24, 2.45) is 5.92 Å². The van der Waals surface area contributed by atoms with Crippen LogP contribution in [0.3, 0.4) is 0 Å². The molecule has 0 aliphatic heterocycles. The predicted octanol–water partition coefficient (Wildman–Crippen LogP) is 3.19. The highest BCUT2D eigenvalue weighted by molar-refractivity contribution is 9.10. The van der Waals surface area contributed by atoms with Gasteiger partial charge in [-0.1, -0.05) is 29.8 Å². The first-order valence-corrected chi connectivity index (χ1v) is 10.1. The van der Waals surface area contributed by atoms with Gasteiger partial charge in [0.15, 0.2) is 0 Å². The van der Waals surface area contributed by atoms with E-state index in [1.807, 2.05) is 0 Å². The molecule has 1 atom stereocenters. The summed E-state index contributed by atoms with van der Waals surface area (Å²) in [7, 11) is -5.48. The SMILES string of the molecule is CC(C)[C@@H](CNS(=O)(=O)C(F)(F)F)NC(=O)c1ccnc2ccc(Br)cc12. The fraction of sp³-hybridized carbons (Fsp3) is 0.375. The van der Waals surface area contributed by atoms with Gasteiger partial charge in [0, 0.05) is 28.6 Å². The summed E-state index contributed by atoms with van der Waals surface area (Å²) in [5.74, 6) is -0.852. The molecule has 11 heteroatoms. The Bertz CT molecular complexity index is 949. The Morgan fingerprint density at radius 2 is 1.93 bits per heavy atom. The van der Waals surface area contributed by atoms with Gasteiger partial charge in [-0.15, -0.1) is 0 Å². The number of carbonyl (C=O) groups excluding carboxylic acids is 1. The molecule has 0 unspecified atom stereocenters. The predicted molar refractivity (Wildman–Crippen MR) is 98.5 cm³/mol. The number of sulfonamides is 1. The number of fused-ring (bicyclic) bond motifs is 1. The number of hydrogen-bond donors (Lipinski definition) is 2. The van der Waals surface area contributed by atoms with E-state index in [0.29, 0.717) is 10.9 Å². The van der Waals surface area contributed by atoms with Crippen LogP contribution in [0.2, 0.25) is 0 Å². The first kappa shape index (κ1) is 21.6. The third kappa shape index (κ3) is 5.17. The molecule has 1 heterocycles. The van der Waals surface area contributed by atoms with Gasteiger partial charge in [-0.3, -0.25) is 9.78 Å². The largest absolute Gasteiger partial charge is 0.511 e. The molecule has 1 aromatic carbocycles. The summed E-state index contributed by atoms with van der Waals surface area (Å²) in [5.41, 5.74) is -4.55. The molecular formula is C16H17BrF3N3O3S. The summed E-state index contributed by atoms with van der Waals surface area (Å²) in [4.78, 5) is 16.8. The third-order valence-electron chi connectivity index (χ3n) is 3.87. The topological polar surface area (TPSA) is 88.2 Å². The summed E-state index contributed by atoms with van der Waals surface area (Å²) >= 11 is 3.31. The van der Waals surface area contributed by atoms with Gasteiger partial charge >= 0.3 is 15.5 Å². The maximum absolute atomic E-state index is 12.7. The molecule has 0 saturated heterocycles. The standard InChI is InChI=1S/C16H17BrF3N3O3S/c1-9(2)14(8-22-27(25,26)16(18,19)20)23-15(24)11-5-6-21-13-4-3-10(17)7-12(11)13/h3-7,9,14,22H,8H2,1-2H3,(H,23,24)/t14-/m1/s1. The van der Waals surface area contributed by atoms with Crippen LogP contribution < -0.4 is 10.0 Å². The lowest BCUT2D eigenvalue weighted by molar-refractivity contribution is -0.0448. The quantitative estimate of drug-likeness (QED) is 0.682. The minimum atomic E-state index is -5.48. The van der Waals surface area contributed by atoms with Crippen LogP contribution in [-0.4, -0.2) is 37.4 Å². The molecule has 0 fully saturated rings. The molecule has 2 N–H and O–H groups in total. The van der Waals surface area contributed by atoms with Gasteiger partial charge in [0.05, 0.1) is 11.1 Å². The first-order valence-electron chi connectivity index (χ1n) is 7.83. The van der Waals surface area contributed by atoms with Gasteiger partial charge in [0.25, 0.3) is 5.91 Å². The molecule has 2 rings (SSSR count). The van der Waals surface area contributed by atoms with Gasteiger partial charge in [-0.25, -0.2) is 13.1 Å². The average Bonchev–Trinajstić information content (AvgIpc) is 2.56. The van der Waals surface area contributed by atoms with Crippen LogP contribution in [0.5, 0.6) is 0 Å². The average molecular weight is 468 g/mol. The fourth-order valence-electron chi connectivity index (χ4n) is 2.30. The molecule has 1 amide bonds. The van der Waals surface area contributed by atoms with Gasteiger partial charge < -0.3 is 5.32 Å². The number of benzene rings is 1. The van der Waals surface area contributed by atoms with E-state index in [9.17, 15) is 26.4 Å². The minimum Gasteiger partial charge on any atom is -0.348 e. The number of pyridine rings is 1. The molecule has 1 aromatic heterocycles. The lowest BCUT2D eigenvalue weighted by Crippen LogP contribution is -2.49. The highest BCUT2D eigenvalue weighted by Crippen LogP contribution is 2.23. The van der Waals surface area contributed by atoms with Gasteiger partial charge in [0.1, 0.15) is 0 Å². The molecule has 0 spiro atoms. The normalized spacial score (nSPS) is 13.7. The zero-order valence-electron chi connectivity index (χ0n) is 14.3. The number of amides is 1. The van der Waals surface area contributed by atoms with Crippen molar-refractivity contribution in [3.8, 4) is 0 Å². The lowest BCUT2D eigenvalue weighted by atomic mass is 10.0. The van der Waals surface area contributed by atoms with Crippen LogP contribution in [-0.2, 0) is 10.0 Å². The number of aromatic nitrogens is 1. The van der Waals surface area contributed by atoms with Crippen LogP contribution in [0.1, 0.15) is 24.2 Å². The number of rotatable bonds is 6. The van der Waals surface area contributed by atoms with Crippen LogP contribution in [0.15, 0.2) is 34.9 Å². The smallest absolute Gasteiger partial charge is 0.348 e. The molecule has 0 radical (unpaired) electrons. The second-order valence-corrected chi connectivity index (χ2v) is 8.82. The molecule has 0 saturated carbocycles. The first-order chi connectivity index (χ1) is 12.4. The summed E-state index contributed by atoms with van der Waals surface area (Å²) in [6, 6.07) is 5.83. The Kier molecular flexibility index (Phi) is 6.48. The van der Waals surface area contributed by atoms with Crippen LogP contribution in [0.4, 0.5) is 13.2 Å². The zero-order valence-corrected chi connectivity index (χ0v) is 16.7. The van der Waals surface area contributed by atoms with Crippen molar-refractivity contribution >= 4 is 42.8 Å². The molecule has 0 aliphatic rings. The minimum absolute atomic E-state index is 0.283. The monoisotopic (exact) mass is 467 g/mol. The number of alkyl halides is 3. The molecule has 2 aromatic rings. The van der Waals surface area contributed by atoms with Crippen molar-refractivity contribution in [2.75, 3.05) is 6.54 Å². The van der Waals surface area contributed by atoms with E-state index in [-0.39, 0.29) is 11.5 Å². The van der Waals surface area contributed by atoms with Gasteiger partial charge in [0.2, 0.25) is 0 Å². The van der Waals surface area contributed by atoms with Gasteiger partial charge in [-0.2, -0.15) is 13.2 Å². The molecular weight excluding hydrogens is 451 g/mol. The highest BCUT2D eigenvalue weighted by Gasteiger charge is 2.45. The van der Waals surface area contributed by atoms with E-state index < -0.39 is 34.0 Å². The Labute approximate surface area is 162 Å². The molecule has 148 valence electrons. The van der Waals surface area contributed by atoms with E-state index >= 15 is 0 Å². The molecule has 0 bridgehead atoms. The highest BCUT2D eigenvalue weighted by atomic mass is 79.9.